The van der Waals surface area contributed by atoms with Gasteiger partial charge in [0.15, 0.2) is 0 Å². The summed E-state index contributed by atoms with van der Waals surface area (Å²) in [5.74, 6) is 0.449. The number of anilines is 1. The molecular formula is C13H14N4O4. The number of hydrogen-bond acceptors (Lipinski definition) is 5. The van der Waals surface area contributed by atoms with Gasteiger partial charge < -0.3 is 20.2 Å². The van der Waals surface area contributed by atoms with E-state index in [1.54, 1.807) is 31.2 Å². The molecule has 2 rings (SSSR count). The number of benzene rings is 1. The number of hydrogen-bond donors (Lipinski definition) is 1. The summed E-state index contributed by atoms with van der Waals surface area (Å²) < 4.78 is 6.49. The summed E-state index contributed by atoms with van der Waals surface area (Å²) in [7, 11) is 1.54. The van der Waals surface area contributed by atoms with E-state index < -0.39 is 4.92 Å². The number of ether oxygens (including phenoxy) is 1. The van der Waals surface area contributed by atoms with Crippen molar-refractivity contribution in [3.05, 3.63) is 46.4 Å². The number of nitrogens with zero attached hydrogens (tertiary/aromatic N) is 3. The minimum absolute atomic E-state index is 0.0517. The summed E-state index contributed by atoms with van der Waals surface area (Å²) in [5, 5.41) is 13.3. The van der Waals surface area contributed by atoms with Crippen molar-refractivity contribution in [2.45, 2.75) is 13.5 Å². The van der Waals surface area contributed by atoms with Crippen LogP contribution in [0.2, 0.25) is 0 Å². The van der Waals surface area contributed by atoms with Crippen LogP contribution in [0, 0.1) is 17.0 Å². The normalized spacial score (nSPS) is 10.2. The first-order valence-corrected chi connectivity index (χ1v) is 6.11. The van der Waals surface area contributed by atoms with Crippen molar-refractivity contribution >= 4 is 17.4 Å². The Balaban J connectivity index is 2.06. The Morgan fingerprint density at radius 3 is 2.90 bits per heavy atom. The van der Waals surface area contributed by atoms with Crippen molar-refractivity contribution in [2.75, 3.05) is 12.4 Å². The Hall–Kier alpha value is -2.90. The van der Waals surface area contributed by atoms with Crippen LogP contribution < -0.4 is 10.1 Å². The van der Waals surface area contributed by atoms with Gasteiger partial charge in [-0.1, -0.05) is 6.07 Å². The molecule has 8 heteroatoms. The maximum Gasteiger partial charge on any atom is 0.381 e. The number of nitro groups is 1. The van der Waals surface area contributed by atoms with E-state index in [9.17, 15) is 14.9 Å². The molecule has 8 nitrogen and oxygen atoms in total. The monoisotopic (exact) mass is 290 g/mol. The summed E-state index contributed by atoms with van der Waals surface area (Å²) >= 11 is 0. The molecule has 1 aromatic carbocycles. The number of rotatable bonds is 5. The molecule has 1 heterocycles. The minimum Gasteiger partial charge on any atom is -0.497 e. The van der Waals surface area contributed by atoms with E-state index in [0.29, 0.717) is 17.3 Å². The van der Waals surface area contributed by atoms with Gasteiger partial charge in [0, 0.05) is 18.7 Å². The second kappa shape index (κ2) is 6.04. The lowest BCUT2D eigenvalue weighted by atomic mass is 10.3. The zero-order chi connectivity index (χ0) is 15.4. The van der Waals surface area contributed by atoms with Crippen molar-refractivity contribution in [1.82, 2.24) is 9.55 Å². The predicted molar refractivity (Wildman–Crippen MR) is 75.2 cm³/mol. The van der Waals surface area contributed by atoms with E-state index in [-0.39, 0.29) is 18.3 Å². The lowest BCUT2D eigenvalue weighted by Crippen LogP contribution is -2.19. The van der Waals surface area contributed by atoms with Crippen LogP contribution in [-0.2, 0) is 11.3 Å². The van der Waals surface area contributed by atoms with Crippen LogP contribution in [0.4, 0.5) is 11.5 Å². The average molecular weight is 290 g/mol. The molecule has 0 unspecified atom stereocenters. The summed E-state index contributed by atoms with van der Waals surface area (Å²) in [5.41, 5.74) is 0.589. The fourth-order valence-corrected chi connectivity index (χ4v) is 1.80. The lowest BCUT2D eigenvalue weighted by Gasteiger charge is -2.07. The number of carbonyl (C=O) groups excluding carboxylic acids is 1. The summed E-state index contributed by atoms with van der Waals surface area (Å²) in [4.78, 5) is 25.7. The third-order valence-corrected chi connectivity index (χ3v) is 2.82. The molecule has 0 saturated heterocycles. The second-order valence-corrected chi connectivity index (χ2v) is 4.31. The van der Waals surface area contributed by atoms with Gasteiger partial charge in [0.05, 0.1) is 7.11 Å². The first-order chi connectivity index (χ1) is 9.99. The highest BCUT2D eigenvalue weighted by Gasteiger charge is 2.16. The maximum absolute atomic E-state index is 11.9. The Morgan fingerprint density at radius 2 is 2.29 bits per heavy atom. The fraction of sp³-hybridized carbons (Fsp3) is 0.231. The van der Waals surface area contributed by atoms with Crippen molar-refractivity contribution in [3.8, 4) is 5.75 Å². The van der Waals surface area contributed by atoms with Crippen LogP contribution in [0.1, 0.15) is 5.82 Å². The third kappa shape index (κ3) is 3.56. The molecule has 1 amide bonds. The molecule has 0 aliphatic heterocycles. The van der Waals surface area contributed by atoms with Gasteiger partial charge in [-0.25, -0.2) is 0 Å². The Bertz CT molecular complexity index is 681. The quantitative estimate of drug-likeness (QED) is 0.668. The van der Waals surface area contributed by atoms with E-state index in [4.69, 9.17) is 4.74 Å². The highest BCUT2D eigenvalue weighted by atomic mass is 16.6. The van der Waals surface area contributed by atoms with E-state index in [1.807, 2.05) is 0 Å². The van der Waals surface area contributed by atoms with Crippen molar-refractivity contribution in [3.63, 3.8) is 0 Å². The van der Waals surface area contributed by atoms with Crippen LogP contribution in [-0.4, -0.2) is 27.5 Å². The van der Waals surface area contributed by atoms with Gasteiger partial charge in [0.1, 0.15) is 18.5 Å². The number of carbonyl (C=O) groups is 1. The van der Waals surface area contributed by atoms with Crippen LogP contribution in [0.25, 0.3) is 0 Å². The minimum atomic E-state index is -0.594. The Morgan fingerprint density at radius 1 is 1.52 bits per heavy atom. The van der Waals surface area contributed by atoms with E-state index in [2.05, 4.69) is 10.3 Å². The van der Waals surface area contributed by atoms with Gasteiger partial charge >= 0.3 is 5.82 Å². The first kappa shape index (κ1) is 14.5. The largest absolute Gasteiger partial charge is 0.497 e. The standard InChI is InChI=1S/C13H14N4O4/c1-9-14-12(17(19)20)7-16(9)8-13(18)15-10-4-3-5-11(6-10)21-2/h3-7H,8H2,1-2H3,(H,15,18). The summed E-state index contributed by atoms with van der Waals surface area (Å²) in [6.07, 6.45) is 1.24. The molecule has 0 aliphatic rings. The van der Waals surface area contributed by atoms with Crippen LogP contribution in [0.3, 0.4) is 0 Å². The van der Waals surface area contributed by atoms with Gasteiger partial charge in [0.2, 0.25) is 11.7 Å². The van der Waals surface area contributed by atoms with Crippen molar-refractivity contribution in [2.24, 2.45) is 0 Å². The molecule has 1 N–H and O–H groups in total. The zero-order valence-electron chi connectivity index (χ0n) is 11.6. The van der Waals surface area contributed by atoms with E-state index >= 15 is 0 Å². The molecule has 0 aliphatic carbocycles. The van der Waals surface area contributed by atoms with Crippen LogP contribution in [0.15, 0.2) is 30.5 Å². The summed E-state index contributed by atoms with van der Waals surface area (Å²) in [6, 6.07) is 6.92. The van der Waals surface area contributed by atoms with Crippen LogP contribution in [0.5, 0.6) is 5.75 Å². The average Bonchev–Trinajstić information content (AvgIpc) is 2.80. The fourth-order valence-electron chi connectivity index (χ4n) is 1.80. The summed E-state index contributed by atoms with van der Waals surface area (Å²) in [6.45, 7) is 1.55. The molecule has 2 aromatic rings. The number of amides is 1. The Kier molecular flexibility index (Phi) is 4.17. The Labute approximate surface area is 120 Å². The van der Waals surface area contributed by atoms with Crippen molar-refractivity contribution < 1.29 is 14.5 Å². The number of methoxy groups -OCH3 is 1. The molecule has 0 fully saturated rings. The molecule has 0 atom stereocenters. The van der Waals surface area contributed by atoms with Gasteiger partial charge in [-0.15, -0.1) is 0 Å². The SMILES string of the molecule is COc1cccc(NC(=O)Cn2cc([N+](=O)[O-])nc2C)c1. The highest BCUT2D eigenvalue weighted by Crippen LogP contribution is 2.17. The maximum atomic E-state index is 11.9. The number of imidazole rings is 1. The topological polar surface area (TPSA) is 99.3 Å². The molecule has 0 spiro atoms. The van der Waals surface area contributed by atoms with E-state index in [1.165, 1.54) is 17.9 Å². The molecule has 0 radical (unpaired) electrons. The molecule has 1 aromatic heterocycles. The highest BCUT2D eigenvalue weighted by molar-refractivity contribution is 5.90. The predicted octanol–water partition coefficient (Wildman–Crippen LogP) is 1.75. The van der Waals surface area contributed by atoms with Gasteiger partial charge in [0.25, 0.3) is 0 Å². The van der Waals surface area contributed by atoms with Gasteiger partial charge in [-0.2, -0.15) is 0 Å². The van der Waals surface area contributed by atoms with E-state index in [0.717, 1.165) is 0 Å². The van der Waals surface area contributed by atoms with Crippen LogP contribution >= 0.6 is 0 Å². The third-order valence-electron chi connectivity index (χ3n) is 2.82. The second-order valence-electron chi connectivity index (χ2n) is 4.31. The molecule has 0 saturated carbocycles. The molecule has 110 valence electrons. The first-order valence-electron chi connectivity index (χ1n) is 6.11. The molecular weight excluding hydrogens is 276 g/mol. The number of nitrogens with one attached hydrogen (secondary N) is 1. The molecule has 21 heavy (non-hydrogen) atoms. The van der Waals surface area contributed by atoms with Crippen molar-refractivity contribution in [1.29, 1.82) is 0 Å². The molecule has 0 bridgehead atoms. The zero-order valence-corrected chi connectivity index (χ0v) is 11.6. The number of aromatic nitrogens is 2. The van der Waals surface area contributed by atoms with Gasteiger partial charge in [-0.3, -0.25) is 9.36 Å². The number of aryl methyl sites for hydroxylation is 1. The van der Waals surface area contributed by atoms with Gasteiger partial charge in [-0.05, 0) is 22.0 Å². The lowest BCUT2D eigenvalue weighted by molar-refractivity contribution is -0.389. The smallest absolute Gasteiger partial charge is 0.381 e.